The number of amides is 1. The van der Waals surface area contributed by atoms with E-state index in [0.717, 1.165) is 0 Å². The van der Waals surface area contributed by atoms with Gasteiger partial charge in [-0.05, 0) is 43.3 Å². The number of nitrogens with one attached hydrogen (secondary N) is 2. The molecule has 1 amide bonds. The van der Waals surface area contributed by atoms with Crippen LogP contribution in [0.2, 0.25) is 5.02 Å². The highest BCUT2D eigenvalue weighted by molar-refractivity contribution is 7.92. The Labute approximate surface area is 179 Å². The molecular formula is C22H19ClN2O4S. The zero-order chi connectivity index (χ0) is 21.7. The Balaban J connectivity index is 1.88. The largest absolute Gasteiger partial charge is 0.321 e. The molecule has 0 unspecified atom stereocenters. The van der Waals surface area contributed by atoms with Gasteiger partial charge in [0.25, 0.3) is 5.91 Å². The van der Waals surface area contributed by atoms with Crippen LogP contribution in [0.3, 0.4) is 0 Å². The lowest BCUT2D eigenvalue weighted by Gasteiger charge is -2.12. The standard InChI is InChI=1S/C22H19ClN2O4S/c1-2-30(28,29)25-18-10-6-9-16(13-18)22(27)24-20-12-11-17(23)14-19(20)21(26)15-7-4-3-5-8-15/h3-14,25H,2H2,1H3,(H,24,27). The number of carbonyl (C=O) groups is 2. The molecule has 0 spiro atoms. The number of rotatable bonds is 7. The van der Waals surface area contributed by atoms with Crippen molar-refractivity contribution in [3.8, 4) is 0 Å². The Morgan fingerprint density at radius 3 is 2.30 bits per heavy atom. The topological polar surface area (TPSA) is 92.3 Å². The minimum atomic E-state index is -3.47. The molecule has 8 heteroatoms. The summed E-state index contributed by atoms with van der Waals surface area (Å²) >= 11 is 6.07. The maximum atomic E-state index is 12.9. The van der Waals surface area contributed by atoms with Gasteiger partial charge in [-0.25, -0.2) is 8.42 Å². The Morgan fingerprint density at radius 1 is 0.900 bits per heavy atom. The number of sulfonamides is 1. The molecule has 0 saturated carbocycles. The van der Waals surface area contributed by atoms with E-state index in [1.54, 1.807) is 60.7 Å². The molecule has 0 saturated heterocycles. The molecule has 0 aliphatic heterocycles. The van der Waals surface area contributed by atoms with E-state index in [0.29, 0.717) is 16.3 Å². The van der Waals surface area contributed by atoms with Crippen LogP contribution in [0, 0.1) is 0 Å². The highest BCUT2D eigenvalue weighted by Gasteiger charge is 2.17. The predicted molar refractivity (Wildman–Crippen MR) is 119 cm³/mol. The number of ketones is 1. The van der Waals surface area contributed by atoms with Crippen LogP contribution in [0.15, 0.2) is 72.8 Å². The van der Waals surface area contributed by atoms with E-state index in [2.05, 4.69) is 10.0 Å². The third-order valence-corrected chi connectivity index (χ3v) is 5.83. The molecule has 0 aliphatic rings. The summed E-state index contributed by atoms with van der Waals surface area (Å²) in [7, 11) is -3.47. The molecule has 154 valence electrons. The summed E-state index contributed by atoms with van der Waals surface area (Å²) in [6, 6.07) is 19.4. The van der Waals surface area contributed by atoms with E-state index in [1.165, 1.54) is 19.1 Å². The number of benzene rings is 3. The molecule has 0 aliphatic carbocycles. The summed E-state index contributed by atoms with van der Waals surface area (Å²) in [4.78, 5) is 25.7. The lowest BCUT2D eigenvalue weighted by Crippen LogP contribution is -2.17. The van der Waals surface area contributed by atoms with E-state index < -0.39 is 15.9 Å². The van der Waals surface area contributed by atoms with Gasteiger partial charge >= 0.3 is 0 Å². The Hall–Kier alpha value is -3.16. The minimum absolute atomic E-state index is 0.0842. The van der Waals surface area contributed by atoms with Crippen molar-refractivity contribution < 1.29 is 18.0 Å². The van der Waals surface area contributed by atoms with Gasteiger partial charge in [-0.15, -0.1) is 0 Å². The second kappa shape index (κ2) is 9.11. The first kappa shape index (κ1) is 21.5. The number of anilines is 2. The van der Waals surface area contributed by atoms with E-state index >= 15 is 0 Å². The van der Waals surface area contributed by atoms with Gasteiger partial charge in [0.1, 0.15) is 0 Å². The van der Waals surface area contributed by atoms with Gasteiger partial charge in [0, 0.05) is 27.4 Å². The van der Waals surface area contributed by atoms with Gasteiger partial charge < -0.3 is 5.32 Å². The van der Waals surface area contributed by atoms with Crippen molar-refractivity contribution in [1.29, 1.82) is 0 Å². The number of carbonyl (C=O) groups excluding carboxylic acids is 2. The molecule has 0 fully saturated rings. The van der Waals surface area contributed by atoms with Crippen molar-refractivity contribution >= 4 is 44.7 Å². The molecule has 30 heavy (non-hydrogen) atoms. The molecule has 3 aromatic rings. The second-order valence-corrected chi connectivity index (χ2v) is 8.87. The summed E-state index contributed by atoms with van der Waals surface area (Å²) < 4.78 is 25.9. The fourth-order valence-electron chi connectivity index (χ4n) is 2.73. The van der Waals surface area contributed by atoms with Crippen molar-refractivity contribution in [2.75, 3.05) is 15.8 Å². The smallest absolute Gasteiger partial charge is 0.255 e. The minimum Gasteiger partial charge on any atom is -0.321 e. The Morgan fingerprint density at radius 2 is 1.60 bits per heavy atom. The molecule has 3 aromatic carbocycles. The van der Waals surface area contributed by atoms with E-state index in [1.807, 2.05) is 0 Å². The molecule has 2 N–H and O–H groups in total. The van der Waals surface area contributed by atoms with Crippen LogP contribution < -0.4 is 10.0 Å². The zero-order valence-corrected chi connectivity index (χ0v) is 17.6. The quantitative estimate of drug-likeness (QED) is 0.523. The third-order valence-electron chi connectivity index (χ3n) is 4.29. The van der Waals surface area contributed by atoms with Gasteiger partial charge in [-0.3, -0.25) is 14.3 Å². The fourth-order valence-corrected chi connectivity index (χ4v) is 3.53. The van der Waals surface area contributed by atoms with Crippen LogP contribution in [0.4, 0.5) is 11.4 Å². The summed E-state index contributed by atoms with van der Waals surface area (Å²) in [6.45, 7) is 1.52. The second-order valence-electron chi connectivity index (χ2n) is 6.43. The third kappa shape index (κ3) is 5.25. The fraction of sp³-hybridized carbons (Fsp3) is 0.0909. The van der Waals surface area contributed by atoms with E-state index in [-0.39, 0.29) is 28.4 Å². The zero-order valence-electron chi connectivity index (χ0n) is 16.1. The number of halogens is 1. The highest BCUT2D eigenvalue weighted by Crippen LogP contribution is 2.25. The average molecular weight is 443 g/mol. The first-order chi connectivity index (χ1) is 14.3. The van der Waals surface area contributed by atoms with Gasteiger partial charge in [0.15, 0.2) is 5.78 Å². The SMILES string of the molecule is CCS(=O)(=O)Nc1cccc(C(=O)Nc2ccc(Cl)cc2C(=O)c2ccccc2)c1. The summed E-state index contributed by atoms with van der Waals surface area (Å²) in [6.07, 6.45) is 0. The maximum absolute atomic E-state index is 12.9. The Kier molecular flexibility index (Phi) is 6.54. The number of hydrogen-bond acceptors (Lipinski definition) is 4. The van der Waals surface area contributed by atoms with Gasteiger partial charge in [-0.2, -0.15) is 0 Å². The van der Waals surface area contributed by atoms with Crippen LogP contribution in [0.5, 0.6) is 0 Å². The predicted octanol–water partition coefficient (Wildman–Crippen LogP) is 4.58. The lowest BCUT2D eigenvalue weighted by atomic mass is 10.0. The van der Waals surface area contributed by atoms with Crippen molar-refractivity contribution in [1.82, 2.24) is 0 Å². The monoisotopic (exact) mass is 442 g/mol. The number of hydrogen-bond donors (Lipinski definition) is 2. The van der Waals surface area contributed by atoms with Gasteiger partial charge in [0.2, 0.25) is 10.0 Å². The summed E-state index contributed by atoms with van der Waals surface area (Å²) in [5.41, 5.74) is 1.54. The van der Waals surface area contributed by atoms with Crippen LogP contribution in [0.25, 0.3) is 0 Å². The van der Waals surface area contributed by atoms with Crippen LogP contribution in [0.1, 0.15) is 33.2 Å². The molecule has 0 radical (unpaired) electrons. The summed E-state index contributed by atoms with van der Waals surface area (Å²) in [5, 5.41) is 3.08. The van der Waals surface area contributed by atoms with Crippen molar-refractivity contribution in [2.45, 2.75) is 6.92 Å². The van der Waals surface area contributed by atoms with Gasteiger partial charge in [0.05, 0.1) is 11.4 Å². The molecule has 0 heterocycles. The maximum Gasteiger partial charge on any atom is 0.255 e. The molecule has 0 bridgehead atoms. The molecule has 6 nitrogen and oxygen atoms in total. The average Bonchev–Trinajstić information content (AvgIpc) is 2.75. The first-order valence-corrected chi connectivity index (χ1v) is 11.1. The molecule has 3 rings (SSSR count). The summed E-state index contributed by atoms with van der Waals surface area (Å²) in [5.74, 6) is -0.853. The van der Waals surface area contributed by atoms with Gasteiger partial charge in [-0.1, -0.05) is 48.0 Å². The molecular weight excluding hydrogens is 424 g/mol. The normalized spacial score (nSPS) is 11.0. The van der Waals surface area contributed by atoms with E-state index in [4.69, 9.17) is 11.6 Å². The Bertz CT molecular complexity index is 1190. The van der Waals surface area contributed by atoms with E-state index in [9.17, 15) is 18.0 Å². The van der Waals surface area contributed by atoms with Crippen LogP contribution in [-0.4, -0.2) is 25.9 Å². The lowest BCUT2D eigenvalue weighted by molar-refractivity contribution is 0.102. The van der Waals surface area contributed by atoms with Crippen molar-refractivity contribution in [3.63, 3.8) is 0 Å². The van der Waals surface area contributed by atoms with Crippen molar-refractivity contribution in [3.05, 3.63) is 94.5 Å². The van der Waals surface area contributed by atoms with Crippen LogP contribution >= 0.6 is 11.6 Å². The molecule has 0 atom stereocenters. The van der Waals surface area contributed by atoms with Crippen molar-refractivity contribution in [2.24, 2.45) is 0 Å². The molecule has 0 aromatic heterocycles. The first-order valence-electron chi connectivity index (χ1n) is 9.10. The van der Waals surface area contributed by atoms with Crippen LogP contribution in [-0.2, 0) is 10.0 Å². The highest BCUT2D eigenvalue weighted by atomic mass is 35.5.